The molecule has 9 heterocycles. The third-order valence-electron chi connectivity index (χ3n) is 22.7. The number of hydrogen-bond donors (Lipinski definition) is 0. The summed E-state index contributed by atoms with van der Waals surface area (Å²) in [5, 5.41) is 13.6. The highest BCUT2D eigenvalue weighted by Crippen LogP contribution is 2.55. The first-order valence-corrected chi connectivity index (χ1v) is 34.3. The first-order chi connectivity index (χ1) is 48.7. The molecule has 7 nitrogen and oxygen atoms in total. The summed E-state index contributed by atoms with van der Waals surface area (Å²) in [4.78, 5) is 5.27. The molecule has 8 heteroatoms. The van der Waals surface area contributed by atoms with Gasteiger partial charge in [-0.05, 0) is 132 Å². The molecule has 6 aromatic heterocycles. The molecule has 0 fully saturated rings. The van der Waals surface area contributed by atoms with Gasteiger partial charge in [0.1, 0.15) is 0 Å². The molecule has 0 radical (unpaired) electrons. The predicted octanol–water partition coefficient (Wildman–Crippen LogP) is 21.0. The number of benzene rings is 14. The van der Waals surface area contributed by atoms with E-state index in [-0.39, 0.29) is 12.6 Å². The SMILES string of the molecule is C1=Cc2c3n(c4cc5c(cc24)B2c4cc6c7cccc8c9ccccc9n(c6cc4N(c4ccccc4)c4cc(-n6c9ccccc9c9c%10c(c%11ccccc%11n%10-c%10ccccc%10)c%10c(c%11ccccc%11n%10-c%10ccccc%10)c96)cc(c42)N5c2ccccc2)c87)-c2ccccc2C3C1. The Labute approximate surface area is 562 Å². The van der Waals surface area contributed by atoms with Crippen LogP contribution in [-0.2, 0) is 0 Å². The molecule has 1 aliphatic carbocycles. The van der Waals surface area contributed by atoms with Gasteiger partial charge in [-0.3, -0.25) is 0 Å². The van der Waals surface area contributed by atoms with Crippen LogP contribution >= 0.6 is 0 Å². The van der Waals surface area contributed by atoms with E-state index in [0.717, 1.165) is 68.3 Å². The van der Waals surface area contributed by atoms with Gasteiger partial charge in [-0.15, -0.1) is 0 Å². The number of rotatable bonds is 5. The maximum atomic E-state index is 2.67. The van der Waals surface area contributed by atoms with E-state index >= 15 is 0 Å². The number of hydrogen-bond acceptors (Lipinski definition) is 2. The van der Waals surface area contributed by atoms with Crippen molar-refractivity contribution in [3.8, 4) is 22.7 Å². The monoisotopic (exact) mass is 1240 g/mol. The number of aromatic nitrogens is 5. The minimum absolute atomic E-state index is 0.183. The molecule has 452 valence electrons. The van der Waals surface area contributed by atoms with E-state index < -0.39 is 0 Å². The standard InChI is InChI=1S/C90H54BN7/c1-5-25-53(26-6-1)92-78-51-76-67(62-40-23-38-60-58-33-13-18-42-71(58)97(76)86(60)62)49-69(78)91-70-50-68-63-41-24-39-61-59-34-14-19-43-72(59)98(87(61)63)77(68)52-79(70)93(54-27-7-2-8-28-54)81-48-57(47-80(92)85(81)91)96-75-46-22-17-37-66(75)84-89-82(64-35-15-20-44-73(64)94(89)55-29-9-3-10-30-55)88-83(90(84)96)65-36-16-21-45-74(65)95(88)56-31-11-4-12-32-56/h1-38,40-52,61H,39H2. The topological polar surface area (TPSA) is 30.6 Å². The van der Waals surface area contributed by atoms with Crippen LogP contribution in [0.5, 0.6) is 0 Å². The molecule has 0 saturated carbocycles. The van der Waals surface area contributed by atoms with Crippen molar-refractivity contribution < 1.29 is 0 Å². The van der Waals surface area contributed by atoms with E-state index in [1.807, 2.05) is 0 Å². The Kier molecular flexibility index (Phi) is 9.78. The number of nitrogens with zero attached hydrogens (tertiary/aromatic N) is 7. The van der Waals surface area contributed by atoms with Gasteiger partial charge < -0.3 is 32.5 Å². The van der Waals surface area contributed by atoms with E-state index in [2.05, 4.69) is 342 Å². The highest BCUT2D eigenvalue weighted by molar-refractivity contribution is 7.00. The Morgan fingerprint density at radius 1 is 0.286 bits per heavy atom. The van der Waals surface area contributed by atoms with E-state index in [4.69, 9.17) is 0 Å². The predicted molar refractivity (Wildman–Crippen MR) is 410 cm³/mol. The summed E-state index contributed by atoms with van der Waals surface area (Å²) in [5.41, 5.74) is 31.4. The van der Waals surface area contributed by atoms with Crippen LogP contribution in [0.4, 0.5) is 34.1 Å². The van der Waals surface area contributed by atoms with Crippen molar-refractivity contribution in [2.75, 3.05) is 9.80 Å². The molecule has 20 aromatic rings. The van der Waals surface area contributed by atoms with Crippen LogP contribution in [0.25, 0.3) is 143 Å². The molecular weight excluding hydrogens is 1190 g/mol. The maximum absolute atomic E-state index is 2.67. The van der Waals surface area contributed by atoms with Gasteiger partial charge in [-0.25, -0.2) is 0 Å². The Morgan fingerprint density at radius 2 is 0.724 bits per heavy atom. The minimum Gasteiger partial charge on any atom is -0.312 e. The Bertz CT molecular complexity index is 6900. The lowest BCUT2D eigenvalue weighted by molar-refractivity contribution is 0.820. The molecule has 4 aliphatic rings. The van der Waals surface area contributed by atoms with Crippen LogP contribution in [0.1, 0.15) is 29.2 Å². The molecular formula is C90H54BN7. The number of fused-ring (bicyclic) bond motifs is 28. The second-order valence-electron chi connectivity index (χ2n) is 27.4. The summed E-state index contributed by atoms with van der Waals surface area (Å²) in [6, 6.07) is 113. The normalized spacial score (nSPS) is 14.5. The van der Waals surface area contributed by atoms with E-state index in [0.29, 0.717) is 0 Å². The van der Waals surface area contributed by atoms with Gasteiger partial charge in [0.2, 0.25) is 0 Å². The maximum Gasteiger partial charge on any atom is 0.252 e. The molecule has 24 rings (SSSR count). The van der Waals surface area contributed by atoms with Gasteiger partial charge in [-0.1, -0.05) is 206 Å². The lowest BCUT2D eigenvalue weighted by Gasteiger charge is -2.44. The third-order valence-corrected chi connectivity index (χ3v) is 22.7. The van der Waals surface area contributed by atoms with E-state index in [1.54, 1.807) is 0 Å². The van der Waals surface area contributed by atoms with Gasteiger partial charge in [0.15, 0.2) is 0 Å². The zero-order valence-corrected chi connectivity index (χ0v) is 52.9. The lowest BCUT2D eigenvalue weighted by Crippen LogP contribution is -2.61. The fraction of sp³-hybridized carbons (Fsp3) is 0.0222. The molecule has 0 amide bonds. The molecule has 0 saturated heterocycles. The molecule has 98 heavy (non-hydrogen) atoms. The smallest absolute Gasteiger partial charge is 0.252 e. The van der Waals surface area contributed by atoms with Crippen molar-refractivity contribution in [3.63, 3.8) is 0 Å². The highest BCUT2D eigenvalue weighted by atomic mass is 15.2. The van der Waals surface area contributed by atoms with Crippen LogP contribution in [0.15, 0.2) is 303 Å². The zero-order valence-electron chi connectivity index (χ0n) is 52.9. The van der Waals surface area contributed by atoms with E-state index in [1.165, 1.54) is 143 Å². The van der Waals surface area contributed by atoms with Gasteiger partial charge in [0, 0.05) is 128 Å². The average molecular weight is 1240 g/mol. The average Bonchev–Trinajstić information content (AvgIpc) is 1.43. The van der Waals surface area contributed by atoms with Gasteiger partial charge in [0.25, 0.3) is 6.71 Å². The summed E-state index contributed by atoms with van der Waals surface area (Å²) >= 11 is 0. The number of para-hydroxylation sites is 10. The van der Waals surface area contributed by atoms with E-state index in [9.17, 15) is 0 Å². The molecule has 1 unspecified atom stereocenters. The molecule has 0 bridgehead atoms. The fourth-order valence-corrected chi connectivity index (χ4v) is 19.1. The largest absolute Gasteiger partial charge is 0.312 e. The molecule has 3 aliphatic heterocycles. The van der Waals surface area contributed by atoms with Gasteiger partial charge in [0.05, 0.1) is 60.9 Å². The number of allylic oxidation sites excluding steroid dienone is 1. The van der Waals surface area contributed by atoms with Crippen LogP contribution in [-0.4, -0.2) is 29.4 Å². The zero-order chi connectivity index (χ0) is 63.3. The second-order valence-corrected chi connectivity index (χ2v) is 27.4. The Hall–Kier alpha value is -12.8. The van der Waals surface area contributed by atoms with Crippen molar-refractivity contribution in [2.24, 2.45) is 0 Å². The summed E-state index contributed by atoms with van der Waals surface area (Å²) in [6.07, 6.45) is 5.84. The van der Waals surface area contributed by atoms with Crippen molar-refractivity contribution >= 4 is 178 Å². The van der Waals surface area contributed by atoms with Crippen LogP contribution in [0, 0.1) is 0 Å². The summed E-state index contributed by atoms with van der Waals surface area (Å²) in [6.45, 7) is -0.183. The van der Waals surface area contributed by atoms with Crippen LogP contribution < -0.4 is 26.2 Å². The fourth-order valence-electron chi connectivity index (χ4n) is 19.1. The van der Waals surface area contributed by atoms with Crippen molar-refractivity contribution in [3.05, 3.63) is 320 Å². The lowest BCUT2D eigenvalue weighted by atomic mass is 9.33. The summed E-state index contributed by atoms with van der Waals surface area (Å²) in [5.74, 6) is 0.288. The molecule has 0 spiro atoms. The quantitative estimate of drug-likeness (QED) is 0.161. The molecule has 0 N–H and O–H groups in total. The Morgan fingerprint density at radius 3 is 1.29 bits per heavy atom. The van der Waals surface area contributed by atoms with Crippen molar-refractivity contribution in [1.29, 1.82) is 0 Å². The second kappa shape index (κ2) is 18.6. The van der Waals surface area contributed by atoms with Crippen molar-refractivity contribution in [1.82, 2.24) is 22.7 Å². The summed E-state index contributed by atoms with van der Waals surface area (Å²) in [7, 11) is 0. The van der Waals surface area contributed by atoms with Crippen molar-refractivity contribution in [2.45, 2.75) is 12.3 Å². The van der Waals surface area contributed by atoms with Gasteiger partial charge >= 0.3 is 0 Å². The molecule has 14 aromatic carbocycles. The first kappa shape index (κ1) is 51.6. The molecule has 1 atom stereocenters. The first-order valence-electron chi connectivity index (χ1n) is 34.3. The van der Waals surface area contributed by atoms with Gasteiger partial charge in [-0.2, -0.15) is 0 Å². The van der Waals surface area contributed by atoms with Crippen LogP contribution in [0.3, 0.4) is 0 Å². The third kappa shape index (κ3) is 6.33. The number of anilines is 6. The van der Waals surface area contributed by atoms with Crippen LogP contribution in [0.2, 0.25) is 0 Å². The minimum atomic E-state index is -0.183. The Balaban J connectivity index is 0.908. The summed E-state index contributed by atoms with van der Waals surface area (Å²) < 4.78 is 13.0. The highest BCUT2D eigenvalue weighted by Gasteiger charge is 2.46.